The molecule has 1 heterocycles. The van der Waals surface area contributed by atoms with Crippen LogP contribution in [0.3, 0.4) is 0 Å². The summed E-state index contributed by atoms with van der Waals surface area (Å²) in [4.78, 5) is 12.9. The summed E-state index contributed by atoms with van der Waals surface area (Å²) in [5, 5.41) is 13.4. The number of hydrogen-bond acceptors (Lipinski definition) is 4. The molecule has 174 valence electrons. The van der Waals surface area contributed by atoms with Crippen molar-refractivity contribution in [1.29, 1.82) is 0 Å². The third-order valence-corrected chi connectivity index (χ3v) is 7.06. The Labute approximate surface area is 213 Å². The van der Waals surface area contributed by atoms with Crippen LogP contribution in [0.2, 0.25) is 10.0 Å². The van der Waals surface area contributed by atoms with E-state index in [0.29, 0.717) is 21.4 Å². The Balaban J connectivity index is 1.62. The van der Waals surface area contributed by atoms with Crippen LogP contribution in [0.15, 0.2) is 71.9 Å². The standard InChI is InChI=1S/C26H24Cl2N4OS/c1-16-7-10-21(11-8-16)32-24(18(3)29-25(33)20-9-12-22(27)23(28)14-20)30-31-26(32)34-15-19-6-4-5-17(2)13-19/h4-14,18H,15H2,1-3H3,(H,29,33). The third kappa shape index (κ3) is 5.63. The summed E-state index contributed by atoms with van der Waals surface area (Å²) in [5.74, 6) is 1.14. The summed E-state index contributed by atoms with van der Waals surface area (Å²) in [5.41, 5.74) is 4.96. The molecule has 4 aromatic rings. The number of nitrogens with one attached hydrogen (secondary N) is 1. The van der Waals surface area contributed by atoms with Crippen molar-refractivity contribution in [2.24, 2.45) is 0 Å². The molecule has 0 saturated heterocycles. The molecular formula is C26H24Cl2N4OS. The van der Waals surface area contributed by atoms with Crippen molar-refractivity contribution in [1.82, 2.24) is 20.1 Å². The maximum Gasteiger partial charge on any atom is 0.251 e. The largest absolute Gasteiger partial charge is 0.342 e. The van der Waals surface area contributed by atoms with Crippen LogP contribution in [-0.2, 0) is 5.75 Å². The zero-order chi connectivity index (χ0) is 24.2. The van der Waals surface area contributed by atoms with Gasteiger partial charge in [0.1, 0.15) is 0 Å². The molecule has 0 spiro atoms. The van der Waals surface area contributed by atoms with Crippen LogP contribution in [0.5, 0.6) is 0 Å². The zero-order valence-electron chi connectivity index (χ0n) is 19.0. The molecule has 0 aliphatic heterocycles. The van der Waals surface area contributed by atoms with E-state index in [1.54, 1.807) is 30.0 Å². The van der Waals surface area contributed by atoms with E-state index in [2.05, 4.69) is 46.7 Å². The zero-order valence-corrected chi connectivity index (χ0v) is 21.4. The fourth-order valence-corrected chi connectivity index (χ4v) is 4.72. The van der Waals surface area contributed by atoms with Crippen LogP contribution in [0.4, 0.5) is 0 Å². The summed E-state index contributed by atoms with van der Waals surface area (Å²) < 4.78 is 2.00. The van der Waals surface area contributed by atoms with Gasteiger partial charge in [-0.1, -0.05) is 82.5 Å². The van der Waals surface area contributed by atoms with E-state index in [-0.39, 0.29) is 5.91 Å². The van der Waals surface area contributed by atoms with Crippen LogP contribution in [0.1, 0.15) is 45.8 Å². The summed E-state index contributed by atoms with van der Waals surface area (Å²) >= 11 is 13.7. The van der Waals surface area contributed by atoms with E-state index in [1.807, 2.05) is 42.7 Å². The normalized spacial score (nSPS) is 11.9. The number of nitrogens with zero attached hydrogens (tertiary/aromatic N) is 3. The summed E-state index contributed by atoms with van der Waals surface area (Å²) in [7, 11) is 0. The highest BCUT2D eigenvalue weighted by Gasteiger charge is 2.22. The topological polar surface area (TPSA) is 59.8 Å². The third-order valence-electron chi connectivity index (χ3n) is 5.32. The van der Waals surface area contributed by atoms with Crippen molar-refractivity contribution in [3.63, 3.8) is 0 Å². The number of benzene rings is 3. The number of halogens is 2. The van der Waals surface area contributed by atoms with Gasteiger partial charge < -0.3 is 5.32 Å². The van der Waals surface area contributed by atoms with Gasteiger partial charge in [-0.05, 0) is 56.7 Å². The number of aryl methyl sites for hydroxylation is 2. The minimum Gasteiger partial charge on any atom is -0.342 e. The fraction of sp³-hybridized carbons (Fsp3) is 0.192. The smallest absolute Gasteiger partial charge is 0.251 e. The molecule has 0 fully saturated rings. The molecule has 3 aromatic carbocycles. The lowest BCUT2D eigenvalue weighted by atomic mass is 10.2. The average Bonchev–Trinajstić information content (AvgIpc) is 3.24. The molecule has 34 heavy (non-hydrogen) atoms. The van der Waals surface area contributed by atoms with Gasteiger partial charge in [-0.25, -0.2) is 0 Å². The molecule has 1 N–H and O–H groups in total. The minimum atomic E-state index is -0.399. The van der Waals surface area contributed by atoms with Gasteiger partial charge in [-0.15, -0.1) is 10.2 Å². The monoisotopic (exact) mass is 510 g/mol. The SMILES string of the molecule is Cc1ccc(-n2c(SCc3cccc(C)c3)nnc2C(C)NC(=O)c2ccc(Cl)c(Cl)c2)cc1. The minimum absolute atomic E-state index is 0.265. The molecule has 0 bridgehead atoms. The maximum atomic E-state index is 12.9. The molecule has 8 heteroatoms. The van der Waals surface area contributed by atoms with Crippen LogP contribution in [-0.4, -0.2) is 20.7 Å². The lowest BCUT2D eigenvalue weighted by Crippen LogP contribution is -2.28. The summed E-state index contributed by atoms with van der Waals surface area (Å²) in [6, 6.07) is 21.0. The Hall–Kier alpha value is -2.80. The highest BCUT2D eigenvalue weighted by Crippen LogP contribution is 2.28. The second-order valence-electron chi connectivity index (χ2n) is 8.11. The van der Waals surface area contributed by atoms with Crippen molar-refractivity contribution >= 4 is 40.9 Å². The predicted molar refractivity (Wildman–Crippen MR) is 139 cm³/mol. The van der Waals surface area contributed by atoms with E-state index < -0.39 is 6.04 Å². The number of thioether (sulfide) groups is 1. The Kier molecular flexibility index (Phi) is 7.61. The van der Waals surface area contributed by atoms with Crippen LogP contribution < -0.4 is 5.32 Å². The van der Waals surface area contributed by atoms with Crippen LogP contribution in [0.25, 0.3) is 5.69 Å². The molecule has 0 aliphatic carbocycles. The number of aromatic nitrogens is 3. The molecule has 0 aliphatic rings. The first-order valence-corrected chi connectivity index (χ1v) is 12.5. The molecule has 1 unspecified atom stereocenters. The van der Waals surface area contributed by atoms with Gasteiger partial charge in [0.05, 0.1) is 16.1 Å². The average molecular weight is 511 g/mol. The molecule has 1 amide bonds. The highest BCUT2D eigenvalue weighted by molar-refractivity contribution is 7.98. The van der Waals surface area contributed by atoms with Gasteiger partial charge in [0.15, 0.2) is 11.0 Å². The van der Waals surface area contributed by atoms with Gasteiger partial charge in [0.25, 0.3) is 5.91 Å². The lowest BCUT2D eigenvalue weighted by Gasteiger charge is -2.17. The first-order chi connectivity index (χ1) is 16.3. The summed E-state index contributed by atoms with van der Waals surface area (Å²) in [6.07, 6.45) is 0. The number of carbonyl (C=O) groups is 1. The van der Waals surface area contributed by atoms with Crippen molar-refractivity contribution in [3.05, 3.63) is 105 Å². The Bertz CT molecular complexity index is 1320. The van der Waals surface area contributed by atoms with E-state index in [9.17, 15) is 4.79 Å². The predicted octanol–water partition coefficient (Wildman–Crippen LogP) is 6.97. The van der Waals surface area contributed by atoms with Crippen molar-refractivity contribution in [2.75, 3.05) is 0 Å². The van der Waals surface area contributed by atoms with Crippen LogP contribution in [0, 0.1) is 13.8 Å². The maximum absolute atomic E-state index is 12.9. The molecule has 5 nitrogen and oxygen atoms in total. The Morgan fingerprint density at radius 1 is 0.971 bits per heavy atom. The Morgan fingerprint density at radius 2 is 1.74 bits per heavy atom. The molecule has 1 aromatic heterocycles. The van der Waals surface area contributed by atoms with E-state index in [4.69, 9.17) is 23.2 Å². The van der Waals surface area contributed by atoms with Crippen molar-refractivity contribution in [3.8, 4) is 5.69 Å². The van der Waals surface area contributed by atoms with Gasteiger partial charge in [-0.3, -0.25) is 9.36 Å². The van der Waals surface area contributed by atoms with Crippen molar-refractivity contribution < 1.29 is 4.79 Å². The molecule has 1 atom stereocenters. The van der Waals surface area contributed by atoms with Gasteiger partial charge in [0, 0.05) is 17.0 Å². The second-order valence-corrected chi connectivity index (χ2v) is 9.87. The van der Waals surface area contributed by atoms with E-state index >= 15 is 0 Å². The van der Waals surface area contributed by atoms with Gasteiger partial charge in [0.2, 0.25) is 0 Å². The molecule has 0 radical (unpaired) electrons. The summed E-state index contributed by atoms with van der Waals surface area (Å²) in [6.45, 7) is 6.02. The molecule has 0 saturated carbocycles. The quantitative estimate of drug-likeness (QED) is 0.272. The highest BCUT2D eigenvalue weighted by atomic mass is 35.5. The number of hydrogen-bond donors (Lipinski definition) is 1. The fourth-order valence-electron chi connectivity index (χ4n) is 3.52. The lowest BCUT2D eigenvalue weighted by molar-refractivity contribution is 0.0938. The molecule has 4 rings (SSSR count). The molecular weight excluding hydrogens is 487 g/mol. The Morgan fingerprint density at radius 3 is 2.44 bits per heavy atom. The first kappa shape index (κ1) is 24.3. The number of rotatable bonds is 7. The van der Waals surface area contributed by atoms with E-state index in [0.717, 1.165) is 22.2 Å². The first-order valence-electron chi connectivity index (χ1n) is 10.8. The van der Waals surface area contributed by atoms with Crippen LogP contribution >= 0.6 is 35.0 Å². The number of carbonyl (C=O) groups excluding carboxylic acids is 1. The van der Waals surface area contributed by atoms with Gasteiger partial charge >= 0.3 is 0 Å². The number of amides is 1. The van der Waals surface area contributed by atoms with Gasteiger partial charge in [-0.2, -0.15) is 0 Å². The van der Waals surface area contributed by atoms with E-state index in [1.165, 1.54) is 11.1 Å². The second kappa shape index (κ2) is 10.6. The van der Waals surface area contributed by atoms with Crippen molar-refractivity contribution in [2.45, 2.75) is 37.7 Å².